The van der Waals surface area contributed by atoms with Gasteiger partial charge in [-0.1, -0.05) is 60.7 Å². The van der Waals surface area contributed by atoms with E-state index in [1.54, 1.807) is 0 Å². The summed E-state index contributed by atoms with van der Waals surface area (Å²) in [7, 11) is 0. The van der Waals surface area contributed by atoms with Crippen molar-refractivity contribution in [2.24, 2.45) is 0 Å². The lowest BCUT2D eigenvalue weighted by molar-refractivity contribution is 0.883. The molecule has 1 aromatic heterocycles. The lowest BCUT2D eigenvalue weighted by atomic mass is 10.1. The van der Waals surface area contributed by atoms with Gasteiger partial charge in [0.1, 0.15) is 0 Å². The van der Waals surface area contributed by atoms with Gasteiger partial charge in [-0.3, -0.25) is 4.98 Å². The zero-order chi connectivity index (χ0) is 16.6. The average Bonchev–Trinajstić information content (AvgIpc) is 2.64. The van der Waals surface area contributed by atoms with Gasteiger partial charge in [-0.25, -0.2) is 0 Å². The molecular formula is C21H23N3. The van der Waals surface area contributed by atoms with E-state index in [-0.39, 0.29) is 6.04 Å². The maximum Gasteiger partial charge on any atom is 0.0552 e. The third-order valence-electron chi connectivity index (χ3n) is 4.01. The molecule has 0 radical (unpaired) electrons. The molecule has 1 atom stereocenters. The van der Waals surface area contributed by atoms with Gasteiger partial charge in [0, 0.05) is 12.6 Å². The van der Waals surface area contributed by atoms with Gasteiger partial charge in [-0.15, -0.1) is 0 Å². The standard InChI is InChI=1S/C21H23N3/c1-17(19-10-6-3-7-11-19)24-21-14-20(15-22-16-21)23-13-12-18-8-4-2-5-9-18/h2-11,14-17,23-24H,12-13H2,1H3/t17-/m0/s1. The molecule has 3 heteroatoms. The molecule has 2 N–H and O–H groups in total. The van der Waals surface area contributed by atoms with Gasteiger partial charge in [0.15, 0.2) is 0 Å². The Morgan fingerprint density at radius 3 is 2.29 bits per heavy atom. The quantitative estimate of drug-likeness (QED) is 0.650. The molecule has 0 saturated carbocycles. The van der Waals surface area contributed by atoms with Crippen LogP contribution in [-0.4, -0.2) is 11.5 Å². The van der Waals surface area contributed by atoms with E-state index in [0.29, 0.717) is 0 Å². The third kappa shape index (κ3) is 4.59. The van der Waals surface area contributed by atoms with E-state index >= 15 is 0 Å². The zero-order valence-electron chi connectivity index (χ0n) is 13.9. The Hall–Kier alpha value is -2.81. The fourth-order valence-corrected chi connectivity index (χ4v) is 2.69. The molecule has 0 spiro atoms. The normalized spacial score (nSPS) is 11.7. The van der Waals surface area contributed by atoms with E-state index in [9.17, 15) is 0 Å². The number of pyridine rings is 1. The summed E-state index contributed by atoms with van der Waals surface area (Å²) in [6, 6.07) is 23.3. The van der Waals surface area contributed by atoms with Crippen LogP contribution in [0.5, 0.6) is 0 Å². The third-order valence-corrected chi connectivity index (χ3v) is 4.01. The largest absolute Gasteiger partial charge is 0.383 e. The molecule has 0 aliphatic heterocycles. The minimum Gasteiger partial charge on any atom is -0.383 e. The molecular weight excluding hydrogens is 294 g/mol. The molecule has 3 aromatic rings. The van der Waals surface area contributed by atoms with Crippen molar-refractivity contribution < 1.29 is 0 Å². The highest BCUT2D eigenvalue weighted by Crippen LogP contribution is 2.20. The number of benzene rings is 2. The van der Waals surface area contributed by atoms with Gasteiger partial charge < -0.3 is 10.6 Å². The van der Waals surface area contributed by atoms with Crippen molar-refractivity contribution in [1.29, 1.82) is 0 Å². The van der Waals surface area contributed by atoms with E-state index in [1.165, 1.54) is 11.1 Å². The van der Waals surface area contributed by atoms with Crippen molar-refractivity contribution in [1.82, 2.24) is 4.98 Å². The Morgan fingerprint density at radius 2 is 1.54 bits per heavy atom. The number of aromatic nitrogens is 1. The fraction of sp³-hybridized carbons (Fsp3) is 0.190. The van der Waals surface area contributed by atoms with Crippen LogP contribution in [0.2, 0.25) is 0 Å². The highest BCUT2D eigenvalue weighted by atomic mass is 14.9. The van der Waals surface area contributed by atoms with E-state index in [0.717, 1.165) is 24.3 Å². The Balaban J connectivity index is 1.56. The number of hydrogen-bond acceptors (Lipinski definition) is 3. The minimum atomic E-state index is 0.243. The van der Waals surface area contributed by atoms with Gasteiger partial charge in [-0.05, 0) is 30.5 Å². The van der Waals surface area contributed by atoms with E-state index in [1.807, 2.05) is 24.5 Å². The monoisotopic (exact) mass is 317 g/mol. The van der Waals surface area contributed by atoms with Crippen molar-refractivity contribution in [3.8, 4) is 0 Å². The van der Waals surface area contributed by atoms with E-state index in [4.69, 9.17) is 0 Å². The van der Waals surface area contributed by atoms with Crippen LogP contribution in [0.15, 0.2) is 79.1 Å². The second-order valence-electron chi connectivity index (χ2n) is 5.90. The van der Waals surface area contributed by atoms with Gasteiger partial charge in [0.2, 0.25) is 0 Å². The SMILES string of the molecule is C[C@H](Nc1cncc(NCCc2ccccc2)c1)c1ccccc1. The molecule has 0 fully saturated rings. The molecule has 24 heavy (non-hydrogen) atoms. The van der Waals surface area contributed by atoms with Crippen molar-refractivity contribution >= 4 is 11.4 Å². The van der Waals surface area contributed by atoms with Crippen molar-refractivity contribution in [3.63, 3.8) is 0 Å². The summed E-state index contributed by atoms with van der Waals surface area (Å²) >= 11 is 0. The summed E-state index contributed by atoms with van der Waals surface area (Å²) < 4.78 is 0. The molecule has 0 amide bonds. The Bertz CT molecular complexity index is 741. The highest BCUT2D eigenvalue weighted by molar-refractivity contribution is 5.55. The van der Waals surface area contributed by atoms with Crippen LogP contribution in [0.4, 0.5) is 11.4 Å². The van der Waals surface area contributed by atoms with Crippen molar-refractivity contribution in [2.45, 2.75) is 19.4 Å². The van der Waals surface area contributed by atoms with Crippen LogP contribution in [0.1, 0.15) is 24.1 Å². The zero-order valence-corrected chi connectivity index (χ0v) is 13.9. The van der Waals surface area contributed by atoms with Crippen LogP contribution in [0.3, 0.4) is 0 Å². The van der Waals surface area contributed by atoms with E-state index < -0.39 is 0 Å². The minimum absolute atomic E-state index is 0.243. The van der Waals surface area contributed by atoms with Crippen molar-refractivity contribution in [2.75, 3.05) is 17.2 Å². The molecule has 3 rings (SSSR count). The summed E-state index contributed by atoms with van der Waals surface area (Å²) in [5, 5.41) is 6.95. The first-order valence-corrected chi connectivity index (χ1v) is 8.35. The van der Waals surface area contributed by atoms with Crippen LogP contribution in [0.25, 0.3) is 0 Å². The molecule has 0 aliphatic rings. The van der Waals surface area contributed by atoms with E-state index in [2.05, 4.69) is 77.1 Å². The molecule has 3 nitrogen and oxygen atoms in total. The second-order valence-corrected chi connectivity index (χ2v) is 5.90. The van der Waals surface area contributed by atoms with Gasteiger partial charge in [-0.2, -0.15) is 0 Å². The Morgan fingerprint density at radius 1 is 0.875 bits per heavy atom. The molecule has 122 valence electrons. The first-order chi connectivity index (χ1) is 11.8. The predicted octanol–water partition coefficient (Wildman–Crippen LogP) is 4.91. The maximum absolute atomic E-state index is 4.33. The lowest BCUT2D eigenvalue weighted by Crippen LogP contribution is -2.08. The first-order valence-electron chi connectivity index (χ1n) is 8.35. The Kier molecular flexibility index (Phi) is 5.46. The van der Waals surface area contributed by atoms with Gasteiger partial charge in [0.05, 0.1) is 23.8 Å². The number of rotatable bonds is 7. The van der Waals surface area contributed by atoms with Crippen LogP contribution < -0.4 is 10.6 Å². The average molecular weight is 317 g/mol. The predicted molar refractivity (Wildman–Crippen MR) is 101 cm³/mol. The Labute approximate surface area is 143 Å². The summed E-state index contributed by atoms with van der Waals surface area (Å²) in [6.45, 7) is 3.05. The topological polar surface area (TPSA) is 37.0 Å². The molecule has 1 heterocycles. The number of anilines is 2. The molecule has 0 bridgehead atoms. The van der Waals surface area contributed by atoms with Crippen LogP contribution in [-0.2, 0) is 6.42 Å². The lowest BCUT2D eigenvalue weighted by Gasteiger charge is -2.16. The first kappa shape index (κ1) is 16.1. The summed E-state index contributed by atoms with van der Waals surface area (Å²) in [6.07, 6.45) is 4.73. The second kappa shape index (κ2) is 8.16. The fourth-order valence-electron chi connectivity index (χ4n) is 2.69. The highest BCUT2D eigenvalue weighted by Gasteiger charge is 2.05. The number of hydrogen-bond donors (Lipinski definition) is 2. The van der Waals surface area contributed by atoms with Gasteiger partial charge >= 0.3 is 0 Å². The van der Waals surface area contributed by atoms with Crippen LogP contribution >= 0.6 is 0 Å². The molecule has 2 aromatic carbocycles. The maximum atomic E-state index is 4.33. The molecule has 0 unspecified atom stereocenters. The summed E-state index contributed by atoms with van der Waals surface area (Å²) in [4.78, 5) is 4.33. The molecule has 0 aliphatic carbocycles. The number of nitrogens with one attached hydrogen (secondary N) is 2. The summed E-state index contributed by atoms with van der Waals surface area (Å²) in [5.41, 5.74) is 4.66. The van der Waals surface area contributed by atoms with Gasteiger partial charge in [0.25, 0.3) is 0 Å². The smallest absolute Gasteiger partial charge is 0.0552 e. The number of nitrogens with zero attached hydrogens (tertiary/aromatic N) is 1. The molecule has 0 saturated heterocycles. The summed E-state index contributed by atoms with van der Waals surface area (Å²) in [5.74, 6) is 0. The van der Waals surface area contributed by atoms with Crippen molar-refractivity contribution in [3.05, 3.63) is 90.3 Å². The van der Waals surface area contributed by atoms with Crippen LogP contribution in [0, 0.1) is 0 Å².